The van der Waals surface area contributed by atoms with Gasteiger partial charge >= 0.3 is 0 Å². The average molecular weight is 311 g/mol. The fourth-order valence-electron chi connectivity index (χ4n) is 2.59. The summed E-state index contributed by atoms with van der Waals surface area (Å²) in [6, 6.07) is 8.04. The minimum absolute atomic E-state index is 0.261. The van der Waals surface area contributed by atoms with E-state index in [1.165, 1.54) is 5.56 Å². The zero-order valence-electron chi connectivity index (χ0n) is 12.9. The minimum atomic E-state index is -3.04. The van der Waals surface area contributed by atoms with Crippen LogP contribution in [0.2, 0.25) is 0 Å². The smallest absolute Gasteiger partial charge is 0.214 e. The molecule has 1 aliphatic rings. The van der Waals surface area contributed by atoms with Gasteiger partial charge in [-0.05, 0) is 44.2 Å². The van der Waals surface area contributed by atoms with E-state index in [-0.39, 0.29) is 5.75 Å². The van der Waals surface area contributed by atoms with Crippen LogP contribution in [-0.2, 0) is 10.0 Å². The molecule has 1 saturated heterocycles. The standard InChI is InChI=1S/C16H25NO3S/c1-3-12-21(18,19)17-10-8-15(9-11-17)13-20-16-6-4-14(2)5-7-16/h4-7,15H,3,8-13H2,1-2H3. The summed E-state index contributed by atoms with van der Waals surface area (Å²) in [5, 5.41) is 0. The molecule has 0 N–H and O–H groups in total. The number of sulfonamides is 1. The molecule has 4 nitrogen and oxygen atoms in total. The lowest BCUT2D eigenvalue weighted by Gasteiger charge is -2.31. The maximum absolute atomic E-state index is 12.0. The van der Waals surface area contributed by atoms with E-state index in [4.69, 9.17) is 4.74 Å². The molecule has 1 heterocycles. The highest BCUT2D eigenvalue weighted by molar-refractivity contribution is 7.89. The van der Waals surface area contributed by atoms with Crippen LogP contribution in [0.3, 0.4) is 0 Å². The van der Waals surface area contributed by atoms with Crippen molar-refractivity contribution in [1.29, 1.82) is 0 Å². The highest BCUT2D eigenvalue weighted by Gasteiger charge is 2.27. The van der Waals surface area contributed by atoms with Gasteiger partial charge in [0.1, 0.15) is 5.75 Å². The van der Waals surface area contributed by atoms with Gasteiger partial charge in [0.15, 0.2) is 0 Å². The molecule has 2 rings (SSSR count). The molecule has 0 bridgehead atoms. The van der Waals surface area contributed by atoms with Crippen molar-refractivity contribution < 1.29 is 13.2 Å². The maximum Gasteiger partial charge on any atom is 0.214 e. The molecular formula is C16H25NO3S. The Morgan fingerprint density at radius 3 is 2.38 bits per heavy atom. The zero-order valence-corrected chi connectivity index (χ0v) is 13.7. The Hall–Kier alpha value is -1.07. The van der Waals surface area contributed by atoms with Gasteiger partial charge in [0.05, 0.1) is 12.4 Å². The quantitative estimate of drug-likeness (QED) is 0.811. The van der Waals surface area contributed by atoms with Gasteiger partial charge in [0.2, 0.25) is 10.0 Å². The van der Waals surface area contributed by atoms with Crippen LogP contribution in [0.15, 0.2) is 24.3 Å². The Balaban J connectivity index is 1.78. The van der Waals surface area contributed by atoms with E-state index in [9.17, 15) is 8.42 Å². The Morgan fingerprint density at radius 2 is 1.81 bits per heavy atom. The molecule has 0 saturated carbocycles. The number of ether oxygens (including phenoxy) is 1. The molecule has 0 unspecified atom stereocenters. The molecule has 1 fully saturated rings. The van der Waals surface area contributed by atoms with Crippen LogP contribution in [0.4, 0.5) is 0 Å². The summed E-state index contributed by atoms with van der Waals surface area (Å²) in [5.74, 6) is 1.60. The molecule has 118 valence electrons. The maximum atomic E-state index is 12.0. The second-order valence-corrected chi connectivity index (χ2v) is 7.87. The SMILES string of the molecule is CCCS(=O)(=O)N1CCC(COc2ccc(C)cc2)CC1. The van der Waals surface area contributed by atoms with Gasteiger partial charge in [0.25, 0.3) is 0 Å². The molecule has 1 aliphatic heterocycles. The number of benzene rings is 1. The van der Waals surface area contributed by atoms with Gasteiger partial charge in [-0.2, -0.15) is 0 Å². The van der Waals surface area contributed by atoms with Gasteiger partial charge in [-0.1, -0.05) is 24.6 Å². The van der Waals surface area contributed by atoms with Gasteiger partial charge in [-0.25, -0.2) is 12.7 Å². The first-order valence-electron chi connectivity index (χ1n) is 7.68. The summed E-state index contributed by atoms with van der Waals surface area (Å²) in [5.41, 5.74) is 1.22. The van der Waals surface area contributed by atoms with E-state index in [0.29, 0.717) is 32.0 Å². The van der Waals surface area contributed by atoms with E-state index in [0.717, 1.165) is 18.6 Å². The van der Waals surface area contributed by atoms with Crippen molar-refractivity contribution in [3.8, 4) is 5.75 Å². The van der Waals surface area contributed by atoms with Gasteiger partial charge in [-0.3, -0.25) is 0 Å². The molecule has 0 amide bonds. The minimum Gasteiger partial charge on any atom is -0.493 e. The number of nitrogens with zero attached hydrogens (tertiary/aromatic N) is 1. The van der Waals surface area contributed by atoms with Crippen LogP contribution in [0.5, 0.6) is 5.75 Å². The Bertz CT molecular complexity index is 531. The molecule has 0 aliphatic carbocycles. The molecule has 0 radical (unpaired) electrons. The Kier molecular flexibility index (Phi) is 5.65. The van der Waals surface area contributed by atoms with Crippen molar-refractivity contribution in [2.75, 3.05) is 25.4 Å². The summed E-state index contributed by atoms with van der Waals surface area (Å²) in [6.45, 7) is 5.88. The van der Waals surface area contributed by atoms with Gasteiger partial charge in [-0.15, -0.1) is 0 Å². The molecule has 0 atom stereocenters. The second kappa shape index (κ2) is 7.27. The summed E-state index contributed by atoms with van der Waals surface area (Å²) >= 11 is 0. The molecule has 1 aromatic carbocycles. The van der Waals surface area contributed by atoms with E-state index in [1.807, 2.05) is 31.2 Å². The van der Waals surface area contributed by atoms with Crippen molar-refractivity contribution in [2.24, 2.45) is 5.92 Å². The summed E-state index contributed by atoms with van der Waals surface area (Å²) in [4.78, 5) is 0. The number of rotatable bonds is 6. The first-order valence-corrected chi connectivity index (χ1v) is 9.29. The van der Waals surface area contributed by atoms with Gasteiger partial charge < -0.3 is 4.74 Å². The molecule has 21 heavy (non-hydrogen) atoms. The van der Waals surface area contributed by atoms with Crippen molar-refractivity contribution in [3.63, 3.8) is 0 Å². The average Bonchev–Trinajstić information content (AvgIpc) is 2.47. The number of piperidine rings is 1. The van der Waals surface area contributed by atoms with E-state index < -0.39 is 10.0 Å². The normalized spacial score (nSPS) is 17.8. The number of hydrogen-bond donors (Lipinski definition) is 0. The molecule has 5 heteroatoms. The van der Waals surface area contributed by atoms with E-state index in [1.54, 1.807) is 4.31 Å². The lowest BCUT2D eigenvalue weighted by Crippen LogP contribution is -2.40. The molecule has 1 aromatic rings. The van der Waals surface area contributed by atoms with Crippen LogP contribution >= 0.6 is 0 Å². The topological polar surface area (TPSA) is 46.6 Å². The third-order valence-electron chi connectivity index (χ3n) is 3.94. The summed E-state index contributed by atoms with van der Waals surface area (Å²) in [7, 11) is -3.04. The zero-order chi connectivity index (χ0) is 15.3. The lowest BCUT2D eigenvalue weighted by atomic mass is 9.99. The highest BCUT2D eigenvalue weighted by atomic mass is 32.2. The van der Waals surface area contributed by atoms with E-state index in [2.05, 4.69) is 6.92 Å². The van der Waals surface area contributed by atoms with Crippen molar-refractivity contribution in [1.82, 2.24) is 4.31 Å². The van der Waals surface area contributed by atoms with Crippen LogP contribution < -0.4 is 4.74 Å². The number of aryl methyl sites for hydroxylation is 1. The van der Waals surface area contributed by atoms with Crippen LogP contribution in [0.1, 0.15) is 31.7 Å². The van der Waals surface area contributed by atoms with Crippen molar-refractivity contribution in [3.05, 3.63) is 29.8 Å². The largest absolute Gasteiger partial charge is 0.493 e. The number of hydrogen-bond acceptors (Lipinski definition) is 3. The molecular weight excluding hydrogens is 286 g/mol. The Morgan fingerprint density at radius 1 is 1.19 bits per heavy atom. The lowest BCUT2D eigenvalue weighted by molar-refractivity contribution is 0.185. The predicted octanol–water partition coefficient (Wildman–Crippen LogP) is 2.83. The van der Waals surface area contributed by atoms with Crippen molar-refractivity contribution >= 4 is 10.0 Å². The first kappa shape index (κ1) is 16.3. The van der Waals surface area contributed by atoms with E-state index >= 15 is 0 Å². The second-order valence-electron chi connectivity index (χ2n) is 5.78. The highest BCUT2D eigenvalue weighted by Crippen LogP contribution is 2.22. The third-order valence-corrected chi connectivity index (χ3v) is 6.01. The fourth-order valence-corrected chi connectivity index (χ4v) is 4.13. The summed E-state index contributed by atoms with van der Waals surface area (Å²) < 4.78 is 31.4. The Labute approximate surface area is 128 Å². The fraction of sp³-hybridized carbons (Fsp3) is 0.625. The van der Waals surface area contributed by atoms with Crippen LogP contribution in [0, 0.1) is 12.8 Å². The third kappa shape index (κ3) is 4.71. The predicted molar refractivity (Wildman–Crippen MR) is 85.0 cm³/mol. The van der Waals surface area contributed by atoms with Crippen LogP contribution in [0.25, 0.3) is 0 Å². The van der Waals surface area contributed by atoms with Gasteiger partial charge in [0, 0.05) is 13.1 Å². The van der Waals surface area contributed by atoms with Crippen LogP contribution in [-0.4, -0.2) is 38.2 Å². The summed E-state index contributed by atoms with van der Waals surface area (Å²) in [6.07, 6.45) is 2.45. The molecule has 0 spiro atoms. The monoisotopic (exact) mass is 311 g/mol. The molecule has 0 aromatic heterocycles. The van der Waals surface area contributed by atoms with Crippen molar-refractivity contribution in [2.45, 2.75) is 33.1 Å². The first-order chi connectivity index (χ1) is 10.0.